The third-order valence-electron chi connectivity index (χ3n) is 3.50. The molecule has 1 amide bonds. The lowest BCUT2D eigenvalue weighted by Crippen LogP contribution is -2.31. The second kappa shape index (κ2) is 6.97. The lowest BCUT2D eigenvalue weighted by Gasteiger charge is -2.14. The molecule has 23 heavy (non-hydrogen) atoms. The number of rotatable bonds is 7. The van der Waals surface area contributed by atoms with Gasteiger partial charge in [-0.05, 0) is 18.6 Å². The summed E-state index contributed by atoms with van der Waals surface area (Å²) < 4.78 is 27.3. The van der Waals surface area contributed by atoms with Crippen LogP contribution in [0.4, 0.5) is 0 Å². The second-order valence-electron chi connectivity index (χ2n) is 5.29. The molecule has 126 valence electrons. The van der Waals surface area contributed by atoms with Crippen molar-refractivity contribution in [3.8, 4) is 5.82 Å². The van der Waals surface area contributed by atoms with Crippen molar-refractivity contribution in [3.05, 3.63) is 36.3 Å². The van der Waals surface area contributed by atoms with Crippen molar-refractivity contribution in [2.45, 2.75) is 6.42 Å². The number of amides is 1. The predicted octanol–water partition coefficient (Wildman–Crippen LogP) is 0.222. The second-order valence-corrected chi connectivity index (χ2v) is 7.38. The minimum atomic E-state index is -3.18. The average Bonchev–Trinajstić information content (AvgIpc) is 3.10. The Morgan fingerprint density at radius 2 is 2.00 bits per heavy atom. The first-order valence-corrected chi connectivity index (χ1v) is 9.00. The predicted molar refractivity (Wildman–Crippen MR) is 87.0 cm³/mol. The van der Waals surface area contributed by atoms with Crippen LogP contribution in [0.1, 0.15) is 16.8 Å². The molecule has 0 bridgehead atoms. The van der Waals surface area contributed by atoms with Gasteiger partial charge in [-0.2, -0.15) is 5.10 Å². The van der Waals surface area contributed by atoms with Crippen LogP contribution < -0.4 is 5.32 Å². The van der Waals surface area contributed by atoms with Crippen molar-refractivity contribution >= 4 is 15.9 Å². The van der Waals surface area contributed by atoms with E-state index in [0.717, 1.165) is 6.26 Å². The molecule has 2 heterocycles. The van der Waals surface area contributed by atoms with E-state index in [1.54, 1.807) is 11.7 Å². The average molecular weight is 339 g/mol. The van der Waals surface area contributed by atoms with Crippen LogP contribution in [0.2, 0.25) is 0 Å². The quantitative estimate of drug-likeness (QED) is 0.731. The molecule has 2 rings (SSSR count). The summed E-state index contributed by atoms with van der Waals surface area (Å²) >= 11 is 0. The summed E-state index contributed by atoms with van der Waals surface area (Å²) in [5.41, 5.74) is 0.472. The molecule has 0 saturated carbocycles. The van der Waals surface area contributed by atoms with Gasteiger partial charge < -0.3 is 9.88 Å². The minimum Gasteiger partial charge on any atom is -0.352 e. The fourth-order valence-corrected chi connectivity index (χ4v) is 2.60. The Morgan fingerprint density at radius 3 is 2.61 bits per heavy atom. The number of nitrogens with zero attached hydrogens (tertiary/aromatic N) is 4. The van der Waals surface area contributed by atoms with E-state index in [9.17, 15) is 13.2 Å². The van der Waals surface area contributed by atoms with Gasteiger partial charge in [0.25, 0.3) is 5.91 Å². The Bertz CT molecular complexity index is 764. The maximum absolute atomic E-state index is 12.3. The topological polar surface area (TPSA) is 89.2 Å². The van der Waals surface area contributed by atoms with Crippen molar-refractivity contribution in [1.29, 1.82) is 0 Å². The Hall–Kier alpha value is -2.13. The molecule has 0 fully saturated rings. The zero-order chi connectivity index (χ0) is 17.0. The van der Waals surface area contributed by atoms with Crippen molar-refractivity contribution in [2.24, 2.45) is 7.05 Å². The van der Waals surface area contributed by atoms with Crippen LogP contribution in [0.3, 0.4) is 0 Å². The molecule has 0 radical (unpaired) electrons. The first kappa shape index (κ1) is 17.2. The van der Waals surface area contributed by atoms with Crippen molar-refractivity contribution in [2.75, 3.05) is 26.4 Å². The summed E-state index contributed by atoms with van der Waals surface area (Å²) in [7, 11) is 0.103. The van der Waals surface area contributed by atoms with E-state index >= 15 is 0 Å². The molecule has 0 aliphatic rings. The third kappa shape index (κ3) is 4.20. The van der Waals surface area contributed by atoms with Crippen LogP contribution in [0.25, 0.3) is 5.82 Å². The number of sulfonamides is 1. The van der Waals surface area contributed by atoms with E-state index in [1.165, 1.54) is 17.5 Å². The van der Waals surface area contributed by atoms with E-state index in [2.05, 4.69) is 10.4 Å². The molecule has 0 saturated heterocycles. The summed E-state index contributed by atoms with van der Waals surface area (Å²) in [4.78, 5) is 12.3. The molecule has 9 heteroatoms. The Kier molecular flexibility index (Phi) is 5.22. The Balaban J connectivity index is 1.95. The monoisotopic (exact) mass is 339 g/mol. The van der Waals surface area contributed by atoms with Gasteiger partial charge in [0.1, 0.15) is 11.4 Å². The molecule has 0 aliphatic carbocycles. The molecular formula is C14H21N5O3S. The zero-order valence-corrected chi connectivity index (χ0v) is 14.2. The fraction of sp³-hybridized carbons (Fsp3) is 0.429. The van der Waals surface area contributed by atoms with Gasteiger partial charge in [0.15, 0.2) is 0 Å². The van der Waals surface area contributed by atoms with E-state index < -0.39 is 10.0 Å². The van der Waals surface area contributed by atoms with Crippen LogP contribution in [0, 0.1) is 0 Å². The molecule has 1 N–H and O–H groups in total. The highest BCUT2D eigenvalue weighted by atomic mass is 32.2. The van der Waals surface area contributed by atoms with Crippen LogP contribution >= 0.6 is 0 Å². The van der Waals surface area contributed by atoms with E-state index in [1.807, 2.05) is 29.1 Å². The van der Waals surface area contributed by atoms with Gasteiger partial charge >= 0.3 is 0 Å². The summed E-state index contributed by atoms with van der Waals surface area (Å²) in [5.74, 6) is 0.449. The first-order valence-electron chi connectivity index (χ1n) is 7.15. The number of aryl methyl sites for hydroxylation is 1. The summed E-state index contributed by atoms with van der Waals surface area (Å²) in [6.07, 6.45) is 6.90. The van der Waals surface area contributed by atoms with Gasteiger partial charge in [0, 0.05) is 39.6 Å². The molecule has 0 aromatic carbocycles. The maximum Gasteiger partial charge on any atom is 0.256 e. The maximum atomic E-state index is 12.3. The van der Waals surface area contributed by atoms with Crippen LogP contribution in [-0.4, -0.2) is 59.4 Å². The number of hydrogen-bond donors (Lipinski definition) is 1. The van der Waals surface area contributed by atoms with Crippen molar-refractivity contribution < 1.29 is 13.2 Å². The summed E-state index contributed by atoms with van der Waals surface area (Å²) in [6, 6.07) is 3.74. The molecule has 0 spiro atoms. The molecule has 2 aromatic rings. The van der Waals surface area contributed by atoms with E-state index in [4.69, 9.17) is 0 Å². The summed E-state index contributed by atoms with van der Waals surface area (Å²) in [6.45, 7) is 0.745. The third-order valence-corrected chi connectivity index (χ3v) is 4.82. The van der Waals surface area contributed by atoms with Crippen molar-refractivity contribution in [1.82, 2.24) is 24.0 Å². The molecule has 8 nitrogen and oxygen atoms in total. The molecule has 0 unspecified atom stereocenters. The smallest absolute Gasteiger partial charge is 0.256 e. The van der Waals surface area contributed by atoms with Gasteiger partial charge in [-0.25, -0.2) is 12.7 Å². The van der Waals surface area contributed by atoms with Gasteiger partial charge in [-0.15, -0.1) is 0 Å². The van der Waals surface area contributed by atoms with Gasteiger partial charge in [-0.1, -0.05) is 0 Å². The van der Waals surface area contributed by atoms with Crippen LogP contribution in [-0.2, 0) is 17.1 Å². The van der Waals surface area contributed by atoms with E-state index in [0.29, 0.717) is 30.9 Å². The molecular weight excluding hydrogens is 318 g/mol. The first-order chi connectivity index (χ1) is 10.8. The number of nitrogens with one attached hydrogen (secondary N) is 1. The standard InChI is InChI=1S/C14H21N5O3S/c1-17(23(3,21)22)8-6-7-15-13(20)12-11-16-18(2)14(12)19-9-4-5-10-19/h4-5,9-11H,6-8H2,1-3H3,(H,15,20). The zero-order valence-electron chi connectivity index (χ0n) is 13.4. The highest BCUT2D eigenvalue weighted by Gasteiger charge is 2.17. The van der Waals surface area contributed by atoms with Gasteiger partial charge in [0.05, 0.1) is 12.5 Å². The normalized spacial score (nSPS) is 11.8. The van der Waals surface area contributed by atoms with Gasteiger partial charge in [0.2, 0.25) is 10.0 Å². The molecule has 0 atom stereocenters. The van der Waals surface area contributed by atoms with Crippen LogP contribution in [0.5, 0.6) is 0 Å². The minimum absolute atomic E-state index is 0.233. The number of hydrogen-bond acceptors (Lipinski definition) is 4. The Labute approximate surface area is 135 Å². The largest absolute Gasteiger partial charge is 0.352 e. The Morgan fingerprint density at radius 1 is 1.35 bits per heavy atom. The van der Waals surface area contributed by atoms with Gasteiger partial charge in [-0.3, -0.25) is 9.48 Å². The lowest BCUT2D eigenvalue weighted by molar-refractivity contribution is 0.0953. The highest BCUT2D eigenvalue weighted by molar-refractivity contribution is 7.88. The highest BCUT2D eigenvalue weighted by Crippen LogP contribution is 2.13. The van der Waals surface area contributed by atoms with E-state index in [-0.39, 0.29) is 5.91 Å². The van der Waals surface area contributed by atoms with Crippen LogP contribution in [0.15, 0.2) is 30.7 Å². The van der Waals surface area contributed by atoms with Crippen molar-refractivity contribution in [3.63, 3.8) is 0 Å². The molecule has 0 aliphatic heterocycles. The number of aromatic nitrogens is 3. The lowest BCUT2D eigenvalue weighted by atomic mass is 10.3. The fourth-order valence-electron chi connectivity index (χ4n) is 2.14. The molecule has 2 aromatic heterocycles. The number of carbonyl (C=O) groups is 1. The summed E-state index contributed by atoms with van der Waals surface area (Å²) in [5, 5.41) is 6.92. The SMILES string of the molecule is CN(CCCNC(=O)c1cnn(C)c1-n1cccc1)S(C)(=O)=O. The number of carbonyl (C=O) groups excluding carboxylic acids is 1.